The van der Waals surface area contributed by atoms with Gasteiger partial charge < -0.3 is 28.8 Å². The van der Waals surface area contributed by atoms with Crippen molar-refractivity contribution in [1.82, 2.24) is 15.0 Å². The molecule has 0 radical (unpaired) electrons. The second-order valence-corrected chi connectivity index (χ2v) is 8.51. The quantitative estimate of drug-likeness (QED) is 0.313. The Hall–Kier alpha value is -4.18. The molecule has 0 atom stereocenters. The minimum atomic E-state index is 0.269. The number of benzene rings is 2. The van der Waals surface area contributed by atoms with Crippen LogP contribution in [0.5, 0.6) is 17.5 Å². The highest BCUT2D eigenvalue weighted by Gasteiger charge is 2.16. The number of ether oxygens (including phenoxy) is 4. The summed E-state index contributed by atoms with van der Waals surface area (Å²) in [5.74, 6) is 2.58. The molecule has 4 aromatic rings. The summed E-state index contributed by atoms with van der Waals surface area (Å²) < 4.78 is 22.2. The van der Waals surface area contributed by atoms with Gasteiger partial charge in [0.25, 0.3) is 0 Å². The molecule has 192 valence electrons. The zero-order valence-electron chi connectivity index (χ0n) is 21.0. The first kappa shape index (κ1) is 24.5. The molecule has 0 bridgehead atoms. The third-order valence-electron chi connectivity index (χ3n) is 6.17. The van der Waals surface area contributed by atoms with Crippen LogP contribution in [0.25, 0.3) is 10.9 Å². The second-order valence-electron chi connectivity index (χ2n) is 8.51. The molecule has 37 heavy (non-hydrogen) atoms. The normalized spacial score (nSPS) is 13.8. The zero-order chi connectivity index (χ0) is 25.5. The molecule has 1 fully saturated rings. The average molecular weight is 503 g/mol. The van der Waals surface area contributed by atoms with E-state index in [-0.39, 0.29) is 6.01 Å². The maximum atomic E-state index is 5.96. The van der Waals surface area contributed by atoms with Crippen molar-refractivity contribution >= 4 is 22.5 Å². The Labute approximate surface area is 215 Å². The molecule has 0 amide bonds. The smallest absolute Gasteiger partial charge is 0.320 e. The molecule has 10 nitrogen and oxygen atoms in total. The lowest BCUT2D eigenvalue weighted by Gasteiger charge is -2.27. The van der Waals surface area contributed by atoms with Gasteiger partial charge in [0.1, 0.15) is 5.82 Å². The number of methoxy groups -OCH3 is 2. The van der Waals surface area contributed by atoms with Crippen molar-refractivity contribution in [2.24, 2.45) is 10.2 Å². The zero-order valence-corrected chi connectivity index (χ0v) is 21.0. The lowest BCUT2D eigenvalue weighted by molar-refractivity contribution is 0.122. The second kappa shape index (κ2) is 11.7. The first-order valence-corrected chi connectivity index (χ1v) is 12.2. The number of azo groups is 1. The van der Waals surface area contributed by atoms with E-state index in [1.54, 1.807) is 14.2 Å². The summed E-state index contributed by atoms with van der Waals surface area (Å²) >= 11 is 0. The number of H-pyrrole nitrogens is 1. The van der Waals surface area contributed by atoms with Gasteiger partial charge in [0, 0.05) is 48.2 Å². The van der Waals surface area contributed by atoms with E-state index in [0.717, 1.165) is 40.9 Å². The standard InChI is InChI=1S/C27H30N6O4/c1-34-23-8-7-19(15-24(23)35-2)9-12-37-27-30-25(16-26(31-27)33-10-13-36-14-11-33)32-29-18-20-17-28-22-6-4-3-5-21(20)22/h3-8,15-17,28H,9-14,18H2,1-2H3. The largest absolute Gasteiger partial charge is 0.493 e. The van der Waals surface area contributed by atoms with Crippen molar-refractivity contribution in [2.75, 3.05) is 52.0 Å². The van der Waals surface area contributed by atoms with Crippen molar-refractivity contribution in [3.05, 3.63) is 65.9 Å². The highest BCUT2D eigenvalue weighted by Crippen LogP contribution is 2.28. The third-order valence-corrected chi connectivity index (χ3v) is 6.17. The van der Waals surface area contributed by atoms with E-state index in [9.17, 15) is 0 Å². The molecule has 1 N–H and O–H groups in total. The summed E-state index contributed by atoms with van der Waals surface area (Å²) in [5, 5.41) is 9.96. The van der Waals surface area contributed by atoms with Crippen LogP contribution in [0, 0.1) is 0 Å². The van der Waals surface area contributed by atoms with Crippen molar-refractivity contribution < 1.29 is 18.9 Å². The predicted molar refractivity (Wildman–Crippen MR) is 140 cm³/mol. The monoisotopic (exact) mass is 502 g/mol. The van der Waals surface area contributed by atoms with Crippen LogP contribution >= 0.6 is 0 Å². The van der Waals surface area contributed by atoms with E-state index in [0.29, 0.717) is 50.1 Å². The van der Waals surface area contributed by atoms with Gasteiger partial charge in [0.05, 0.1) is 40.6 Å². The Morgan fingerprint density at radius 2 is 1.84 bits per heavy atom. The Balaban J connectivity index is 1.30. The fourth-order valence-corrected chi connectivity index (χ4v) is 4.21. The highest BCUT2D eigenvalue weighted by atomic mass is 16.5. The van der Waals surface area contributed by atoms with Crippen LogP contribution in [-0.4, -0.2) is 62.1 Å². The summed E-state index contributed by atoms with van der Waals surface area (Å²) in [5.41, 5.74) is 3.21. The number of morpholine rings is 1. The average Bonchev–Trinajstić information content (AvgIpc) is 3.36. The van der Waals surface area contributed by atoms with Crippen LogP contribution < -0.4 is 19.1 Å². The van der Waals surface area contributed by atoms with Crippen LogP contribution in [0.1, 0.15) is 11.1 Å². The van der Waals surface area contributed by atoms with Gasteiger partial charge in [-0.15, -0.1) is 5.11 Å². The Morgan fingerprint density at radius 1 is 1.00 bits per heavy atom. The van der Waals surface area contributed by atoms with Crippen molar-refractivity contribution in [2.45, 2.75) is 13.0 Å². The summed E-state index contributed by atoms with van der Waals surface area (Å²) in [6, 6.07) is 16.1. The van der Waals surface area contributed by atoms with Crippen LogP contribution in [0.4, 0.5) is 11.6 Å². The third kappa shape index (κ3) is 5.97. The number of aromatic nitrogens is 3. The van der Waals surface area contributed by atoms with Gasteiger partial charge in [-0.3, -0.25) is 0 Å². The van der Waals surface area contributed by atoms with Crippen molar-refractivity contribution in [1.29, 1.82) is 0 Å². The maximum Gasteiger partial charge on any atom is 0.320 e. The number of rotatable bonds is 10. The van der Waals surface area contributed by atoms with Crippen molar-refractivity contribution in [3.8, 4) is 17.5 Å². The Kier molecular flexibility index (Phi) is 7.75. The van der Waals surface area contributed by atoms with Crippen LogP contribution in [0.3, 0.4) is 0 Å². The minimum Gasteiger partial charge on any atom is -0.493 e. The molecule has 0 spiro atoms. The van der Waals surface area contributed by atoms with Gasteiger partial charge in [-0.1, -0.05) is 24.3 Å². The summed E-state index contributed by atoms with van der Waals surface area (Å²) in [7, 11) is 3.24. The Bertz CT molecular complexity index is 1370. The molecular weight excluding hydrogens is 472 g/mol. The van der Waals surface area contributed by atoms with E-state index >= 15 is 0 Å². The van der Waals surface area contributed by atoms with Gasteiger partial charge in [-0.2, -0.15) is 15.1 Å². The molecular formula is C27H30N6O4. The van der Waals surface area contributed by atoms with Crippen LogP contribution in [0.2, 0.25) is 0 Å². The SMILES string of the molecule is COc1ccc(CCOc2nc(N=NCc3c[nH]c4ccccc34)cc(N3CCOCC3)n2)cc1OC. The number of hydrogen-bond acceptors (Lipinski definition) is 9. The van der Waals surface area contributed by atoms with E-state index < -0.39 is 0 Å². The number of hydrogen-bond donors (Lipinski definition) is 1. The first-order valence-electron chi connectivity index (χ1n) is 12.2. The molecule has 0 unspecified atom stereocenters. The van der Waals surface area contributed by atoms with Gasteiger partial charge in [-0.25, -0.2) is 0 Å². The van der Waals surface area contributed by atoms with E-state index in [1.165, 1.54) is 0 Å². The fraction of sp³-hybridized carbons (Fsp3) is 0.333. The number of para-hydroxylation sites is 1. The lowest BCUT2D eigenvalue weighted by atomic mass is 10.1. The molecule has 3 heterocycles. The van der Waals surface area contributed by atoms with E-state index in [4.69, 9.17) is 18.9 Å². The van der Waals surface area contributed by atoms with Gasteiger partial charge in [-0.05, 0) is 23.8 Å². The van der Waals surface area contributed by atoms with E-state index in [2.05, 4.69) is 36.1 Å². The number of nitrogens with one attached hydrogen (secondary N) is 1. The van der Waals surface area contributed by atoms with Crippen LogP contribution in [0.15, 0.2) is 65.0 Å². The van der Waals surface area contributed by atoms with Gasteiger partial charge >= 0.3 is 6.01 Å². The molecule has 10 heteroatoms. The number of anilines is 1. The molecule has 0 saturated carbocycles. The molecule has 1 aliphatic rings. The molecule has 2 aromatic carbocycles. The summed E-state index contributed by atoms with van der Waals surface area (Å²) in [6.45, 7) is 3.63. The topological polar surface area (TPSA) is 106 Å². The highest BCUT2D eigenvalue weighted by molar-refractivity contribution is 5.82. The minimum absolute atomic E-state index is 0.269. The Morgan fingerprint density at radius 3 is 2.68 bits per heavy atom. The van der Waals surface area contributed by atoms with Crippen molar-refractivity contribution in [3.63, 3.8) is 0 Å². The molecule has 2 aromatic heterocycles. The van der Waals surface area contributed by atoms with E-state index in [1.807, 2.05) is 48.7 Å². The first-order chi connectivity index (χ1) is 18.2. The molecule has 0 aliphatic carbocycles. The predicted octanol–water partition coefficient (Wildman–Crippen LogP) is 4.72. The number of fused-ring (bicyclic) bond motifs is 1. The maximum absolute atomic E-state index is 5.96. The van der Waals surface area contributed by atoms with Gasteiger partial charge in [0.2, 0.25) is 0 Å². The number of aromatic amines is 1. The molecule has 5 rings (SSSR count). The summed E-state index contributed by atoms with van der Waals surface area (Å²) in [6.07, 6.45) is 2.62. The summed E-state index contributed by atoms with van der Waals surface area (Å²) in [4.78, 5) is 14.5. The lowest BCUT2D eigenvalue weighted by Crippen LogP contribution is -2.36. The molecule has 1 saturated heterocycles. The van der Waals surface area contributed by atoms with Gasteiger partial charge in [0.15, 0.2) is 17.3 Å². The molecule has 1 aliphatic heterocycles. The number of nitrogens with zero attached hydrogens (tertiary/aromatic N) is 5. The fourth-order valence-electron chi connectivity index (χ4n) is 4.21. The van der Waals surface area contributed by atoms with Crippen LogP contribution in [-0.2, 0) is 17.7 Å².